The molecule has 1 N–H and O–H groups in total. The molecule has 1 fully saturated rings. The fourth-order valence-electron chi connectivity index (χ4n) is 2.47. The summed E-state index contributed by atoms with van der Waals surface area (Å²) in [4.78, 5) is 12.2. The van der Waals surface area contributed by atoms with Crippen LogP contribution in [0.25, 0.3) is 0 Å². The third-order valence-corrected chi connectivity index (χ3v) is 5.63. The Hall–Kier alpha value is -0.380. The summed E-state index contributed by atoms with van der Waals surface area (Å²) < 4.78 is 0. The minimum atomic E-state index is -0.706. The van der Waals surface area contributed by atoms with E-state index in [2.05, 4.69) is 6.92 Å². The van der Waals surface area contributed by atoms with Crippen LogP contribution in [0.4, 0.5) is 0 Å². The van der Waals surface area contributed by atoms with E-state index in [1.807, 2.05) is 6.07 Å². The van der Waals surface area contributed by atoms with E-state index in [0.717, 1.165) is 24.2 Å². The average molecular weight is 319 g/mol. The molecule has 0 aliphatic heterocycles. The molecule has 5 heteroatoms. The number of benzene rings is 1. The van der Waals surface area contributed by atoms with Crippen LogP contribution in [-0.4, -0.2) is 16.3 Å². The Kier molecular flexibility index (Phi) is 5.04. The first-order chi connectivity index (χ1) is 8.97. The lowest BCUT2D eigenvalue weighted by atomic mass is 9.82. The topological polar surface area (TPSA) is 37.3 Å². The number of carbonyl (C=O) groups is 1. The molecule has 3 atom stereocenters. The van der Waals surface area contributed by atoms with Crippen LogP contribution in [0.2, 0.25) is 10.0 Å². The van der Waals surface area contributed by atoms with Gasteiger partial charge in [0.2, 0.25) is 0 Å². The summed E-state index contributed by atoms with van der Waals surface area (Å²) >= 11 is 13.7. The van der Waals surface area contributed by atoms with E-state index < -0.39 is 5.97 Å². The molecule has 19 heavy (non-hydrogen) atoms. The van der Waals surface area contributed by atoms with Gasteiger partial charge in [0.1, 0.15) is 0 Å². The van der Waals surface area contributed by atoms with Crippen molar-refractivity contribution in [2.75, 3.05) is 0 Å². The van der Waals surface area contributed by atoms with E-state index in [-0.39, 0.29) is 11.2 Å². The Bertz CT molecular complexity index is 479. The van der Waals surface area contributed by atoms with Crippen LogP contribution in [0.5, 0.6) is 0 Å². The van der Waals surface area contributed by atoms with Gasteiger partial charge in [0, 0.05) is 15.2 Å². The number of rotatable bonds is 3. The Labute approximate surface area is 127 Å². The molecule has 104 valence electrons. The summed E-state index contributed by atoms with van der Waals surface area (Å²) in [5, 5.41) is 10.7. The Morgan fingerprint density at radius 1 is 1.37 bits per heavy atom. The molecule has 1 aliphatic rings. The fourth-order valence-corrected chi connectivity index (χ4v) is 4.50. The summed E-state index contributed by atoms with van der Waals surface area (Å²) in [6, 6.07) is 5.31. The van der Waals surface area contributed by atoms with Crippen LogP contribution < -0.4 is 0 Å². The standard InChI is InChI=1S/C14H16Cl2O2S/c1-8-2-4-10(14(17)18)12(6-8)19-13-7-9(15)3-5-11(13)16/h3,5,7-8,10,12H,2,4,6H2,1H3,(H,17,18). The van der Waals surface area contributed by atoms with Crippen LogP contribution in [0.15, 0.2) is 23.1 Å². The smallest absolute Gasteiger partial charge is 0.307 e. The second-order valence-electron chi connectivity index (χ2n) is 5.09. The van der Waals surface area contributed by atoms with E-state index in [9.17, 15) is 9.90 Å². The monoisotopic (exact) mass is 318 g/mol. The first-order valence-electron chi connectivity index (χ1n) is 6.32. The Morgan fingerprint density at radius 2 is 2.11 bits per heavy atom. The van der Waals surface area contributed by atoms with Gasteiger partial charge in [-0.05, 0) is 43.4 Å². The number of carboxylic acids is 1. The van der Waals surface area contributed by atoms with Gasteiger partial charge in [0.05, 0.1) is 10.9 Å². The lowest BCUT2D eigenvalue weighted by molar-refractivity contribution is -0.142. The van der Waals surface area contributed by atoms with Gasteiger partial charge in [-0.25, -0.2) is 0 Å². The summed E-state index contributed by atoms with van der Waals surface area (Å²) in [6.45, 7) is 2.17. The lowest BCUT2D eigenvalue weighted by Crippen LogP contribution is -2.32. The van der Waals surface area contributed by atoms with Gasteiger partial charge >= 0.3 is 5.97 Å². The van der Waals surface area contributed by atoms with E-state index in [0.29, 0.717) is 16.0 Å². The highest BCUT2D eigenvalue weighted by molar-refractivity contribution is 8.00. The second kappa shape index (κ2) is 6.38. The van der Waals surface area contributed by atoms with Crippen LogP contribution in [0.3, 0.4) is 0 Å². The van der Waals surface area contributed by atoms with Crippen molar-refractivity contribution in [1.29, 1.82) is 0 Å². The zero-order chi connectivity index (χ0) is 14.0. The maximum Gasteiger partial charge on any atom is 0.307 e. The molecule has 1 aromatic rings. The summed E-state index contributed by atoms with van der Waals surface area (Å²) in [6.07, 6.45) is 2.63. The second-order valence-corrected chi connectivity index (χ2v) is 7.22. The molecule has 0 heterocycles. The van der Waals surface area contributed by atoms with E-state index >= 15 is 0 Å². The van der Waals surface area contributed by atoms with Gasteiger partial charge < -0.3 is 5.11 Å². The van der Waals surface area contributed by atoms with E-state index in [4.69, 9.17) is 23.2 Å². The number of thioether (sulfide) groups is 1. The summed E-state index contributed by atoms with van der Waals surface area (Å²) in [5.74, 6) is -0.440. The van der Waals surface area contributed by atoms with Crippen molar-refractivity contribution in [2.24, 2.45) is 11.8 Å². The Balaban J connectivity index is 2.18. The molecular formula is C14H16Cl2O2S. The van der Waals surface area contributed by atoms with Crippen molar-refractivity contribution >= 4 is 40.9 Å². The first-order valence-corrected chi connectivity index (χ1v) is 7.95. The van der Waals surface area contributed by atoms with Crippen LogP contribution in [0, 0.1) is 11.8 Å². The number of hydrogen-bond acceptors (Lipinski definition) is 2. The lowest BCUT2D eigenvalue weighted by Gasteiger charge is -2.32. The van der Waals surface area contributed by atoms with Gasteiger partial charge in [-0.2, -0.15) is 0 Å². The predicted molar refractivity (Wildman–Crippen MR) is 80.2 cm³/mol. The normalized spacial score (nSPS) is 27.2. The molecule has 1 aliphatic carbocycles. The van der Waals surface area contributed by atoms with Crippen LogP contribution in [-0.2, 0) is 4.79 Å². The van der Waals surface area contributed by atoms with Crippen molar-refractivity contribution in [1.82, 2.24) is 0 Å². The highest BCUT2D eigenvalue weighted by Gasteiger charge is 2.34. The molecule has 0 radical (unpaired) electrons. The predicted octanol–water partition coefficient (Wildman–Crippen LogP) is 4.97. The zero-order valence-electron chi connectivity index (χ0n) is 10.6. The molecule has 0 spiro atoms. The number of carboxylic acid groups (broad SMARTS) is 1. The van der Waals surface area contributed by atoms with Crippen molar-refractivity contribution in [3.05, 3.63) is 28.2 Å². The molecule has 2 rings (SSSR count). The number of aliphatic carboxylic acids is 1. The van der Waals surface area contributed by atoms with Gasteiger partial charge in [-0.15, -0.1) is 11.8 Å². The molecule has 0 aromatic heterocycles. The van der Waals surface area contributed by atoms with Crippen molar-refractivity contribution in [2.45, 2.75) is 36.3 Å². The molecular weight excluding hydrogens is 303 g/mol. The molecule has 3 unspecified atom stereocenters. The van der Waals surface area contributed by atoms with Gasteiger partial charge in [-0.3, -0.25) is 4.79 Å². The molecule has 0 amide bonds. The third-order valence-electron chi connectivity index (χ3n) is 3.54. The number of hydrogen-bond donors (Lipinski definition) is 1. The quantitative estimate of drug-likeness (QED) is 0.854. The Morgan fingerprint density at radius 3 is 2.79 bits per heavy atom. The maximum absolute atomic E-state index is 11.3. The third kappa shape index (κ3) is 3.80. The highest BCUT2D eigenvalue weighted by atomic mass is 35.5. The molecule has 2 nitrogen and oxygen atoms in total. The first kappa shape index (κ1) is 15.0. The van der Waals surface area contributed by atoms with E-state index in [1.54, 1.807) is 23.9 Å². The minimum Gasteiger partial charge on any atom is -0.481 e. The van der Waals surface area contributed by atoms with Crippen molar-refractivity contribution < 1.29 is 9.90 Å². The molecule has 1 saturated carbocycles. The SMILES string of the molecule is CC1CCC(C(=O)O)C(Sc2cc(Cl)ccc2Cl)C1. The van der Waals surface area contributed by atoms with Gasteiger partial charge in [-0.1, -0.05) is 30.1 Å². The van der Waals surface area contributed by atoms with Crippen molar-refractivity contribution in [3.8, 4) is 0 Å². The zero-order valence-corrected chi connectivity index (χ0v) is 12.9. The molecule has 0 bridgehead atoms. The van der Waals surface area contributed by atoms with Gasteiger partial charge in [0.15, 0.2) is 0 Å². The fraction of sp³-hybridized carbons (Fsp3) is 0.500. The molecule has 0 saturated heterocycles. The molecule has 1 aromatic carbocycles. The van der Waals surface area contributed by atoms with Crippen molar-refractivity contribution in [3.63, 3.8) is 0 Å². The average Bonchev–Trinajstić information content (AvgIpc) is 2.33. The minimum absolute atomic E-state index is 0.0669. The van der Waals surface area contributed by atoms with Gasteiger partial charge in [0.25, 0.3) is 0 Å². The highest BCUT2D eigenvalue weighted by Crippen LogP contribution is 2.42. The maximum atomic E-state index is 11.3. The van der Waals surface area contributed by atoms with Crippen LogP contribution in [0.1, 0.15) is 26.2 Å². The van der Waals surface area contributed by atoms with E-state index in [1.165, 1.54) is 0 Å². The summed E-state index contributed by atoms with van der Waals surface area (Å²) in [7, 11) is 0. The largest absolute Gasteiger partial charge is 0.481 e. The number of halogens is 2. The summed E-state index contributed by atoms with van der Waals surface area (Å²) in [5.41, 5.74) is 0. The van der Waals surface area contributed by atoms with Crippen LogP contribution >= 0.6 is 35.0 Å².